The number of rotatable bonds is 5. The van der Waals surface area contributed by atoms with Gasteiger partial charge in [0.15, 0.2) is 6.61 Å². The fourth-order valence-corrected chi connectivity index (χ4v) is 2.09. The van der Waals surface area contributed by atoms with Crippen molar-refractivity contribution in [3.8, 4) is 5.69 Å². The van der Waals surface area contributed by atoms with E-state index in [2.05, 4.69) is 10.6 Å². The standard InChI is InChI=1S/C17H19N3O4/c1-3-18-17(23)19-15(21)11-24-16(22)13-7-6-12(2)14(10-13)20-8-4-5-9-20/h4-10H,3,11H2,1-2H3,(H2,18,19,21,23). The van der Waals surface area contributed by atoms with Crippen LogP contribution in [0.5, 0.6) is 0 Å². The number of hydrogen-bond donors (Lipinski definition) is 2. The van der Waals surface area contributed by atoms with Crippen molar-refractivity contribution in [2.45, 2.75) is 13.8 Å². The van der Waals surface area contributed by atoms with E-state index in [1.165, 1.54) is 0 Å². The molecule has 2 rings (SSSR count). The number of benzene rings is 1. The summed E-state index contributed by atoms with van der Waals surface area (Å²) in [6, 6.07) is 8.28. The Morgan fingerprint density at radius 3 is 2.54 bits per heavy atom. The number of urea groups is 1. The van der Waals surface area contributed by atoms with Crippen molar-refractivity contribution < 1.29 is 19.1 Å². The molecule has 0 aliphatic rings. The fraction of sp³-hybridized carbons (Fsp3) is 0.235. The first-order chi connectivity index (χ1) is 11.5. The molecule has 2 N–H and O–H groups in total. The van der Waals surface area contributed by atoms with Gasteiger partial charge in [-0.25, -0.2) is 9.59 Å². The first kappa shape index (κ1) is 17.3. The van der Waals surface area contributed by atoms with Crippen LogP contribution in [0.1, 0.15) is 22.8 Å². The van der Waals surface area contributed by atoms with Gasteiger partial charge in [-0.2, -0.15) is 0 Å². The zero-order valence-electron chi connectivity index (χ0n) is 13.5. The smallest absolute Gasteiger partial charge is 0.338 e. The van der Waals surface area contributed by atoms with Gasteiger partial charge in [-0.1, -0.05) is 6.07 Å². The minimum absolute atomic E-state index is 0.329. The molecule has 0 aliphatic carbocycles. The molecule has 7 nitrogen and oxygen atoms in total. The van der Waals surface area contributed by atoms with Crippen LogP contribution in [0.15, 0.2) is 42.7 Å². The molecule has 0 saturated heterocycles. The topological polar surface area (TPSA) is 89.4 Å². The van der Waals surface area contributed by atoms with Crippen molar-refractivity contribution >= 4 is 17.9 Å². The van der Waals surface area contributed by atoms with Crippen LogP contribution in [0.4, 0.5) is 4.79 Å². The summed E-state index contributed by atoms with van der Waals surface area (Å²) >= 11 is 0. The molecule has 24 heavy (non-hydrogen) atoms. The highest BCUT2D eigenvalue weighted by molar-refractivity contribution is 5.97. The molecule has 0 atom stereocenters. The lowest BCUT2D eigenvalue weighted by Gasteiger charge is -2.10. The van der Waals surface area contributed by atoms with E-state index in [-0.39, 0.29) is 0 Å². The van der Waals surface area contributed by atoms with Gasteiger partial charge < -0.3 is 14.6 Å². The van der Waals surface area contributed by atoms with Crippen molar-refractivity contribution in [3.05, 3.63) is 53.9 Å². The largest absolute Gasteiger partial charge is 0.452 e. The van der Waals surface area contributed by atoms with E-state index in [9.17, 15) is 14.4 Å². The molecule has 7 heteroatoms. The zero-order valence-corrected chi connectivity index (χ0v) is 13.5. The van der Waals surface area contributed by atoms with Gasteiger partial charge in [0.2, 0.25) is 0 Å². The summed E-state index contributed by atoms with van der Waals surface area (Å²) in [4.78, 5) is 34.8. The summed E-state index contributed by atoms with van der Waals surface area (Å²) in [5.74, 6) is -1.32. The molecule has 0 fully saturated rings. The number of nitrogens with zero attached hydrogens (tertiary/aromatic N) is 1. The number of hydrogen-bond acceptors (Lipinski definition) is 4. The highest BCUT2D eigenvalue weighted by Crippen LogP contribution is 2.17. The van der Waals surface area contributed by atoms with E-state index in [0.29, 0.717) is 12.1 Å². The maximum Gasteiger partial charge on any atom is 0.338 e. The fourth-order valence-electron chi connectivity index (χ4n) is 2.09. The summed E-state index contributed by atoms with van der Waals surface area (Å²) in [5, 5.41) is 4.47. The molecule has 0 unspecified atom stereocenters. The molecular formula is C17H19N3O4. The van der Waals surface area contributed by atoms with Crippen LogP contribution >= 0.6 is 0 Å². The van der Waals surface area contributed by atoms with E-state index >= 15 is 0 Å². The van der Waals surface area contributed by atoms with E-state index in [1.807, 2.05) is 36.0 Å². The number of carbonyl (C=O) groups is 3. The maximum atomic E-state index is 12.1. The van der Waals surface area contributed by atoms with Gasteiger partial charge in [0.1, 0.15) is 0 Å². The third-order valence-electron chi connectivity index (χ3n) is 3.25. The van der Waals surface area contributed by atoms with Gasteiger partial charge in [-0.15, -0.1) is 0 Å². The molecule has 0 aliphatic heterocycles. The van der Waals surface area contributed by atoms with Crippen molar-refractivity contribution in [3.63, 3.8) is 0 Å². The van der Waals surface area contributed by atoms with E-state index in [0.717, 1.165) is 11.3 Å². The minimum atomic E-state index is -0.688. The van der Waals surface area contributed by atoms with Crippen LogP contribution in [-0.2, 0) is 9.53 Å². The first-order valence-corrected chi connectivity index (χ1v) is 7.50. The number of imide groups is 1. The molecule has 0 bridgehead atoms. The lowest BCUT2D eigenvalue weighted by Crippen LogP contribution is -2.41. The van der Waals surface area contributed by atoms with Gasteiger partial charge in [0, 0.05) is 24.6 Å². The Hall–Kier alpha value is -3.09. The minimum Gasteiger partial charge on any atom is -0.452 e. The number of aryl methyl sites for hydroxylation is 1. The highest BCUT2D eigenvalue weighted by atomic mass is 16.5. The second-order valence-corrected chi connectivity index (χ2v) is 5.08. The van der Waals surface area contributed by atoms with Crippen molar-refractivity contribution in [2.24, 2.45) is 0 Å². The Labute approximate surface area is 139 Å². The summed E-state index contributed by atoms with van der Waals surface area (Å²) < 4.78 is 6.82. The van der Waals surface area contributed by atoms with Gasteiger partial charge >= 0.3 is 12.0 Å². The van der Waals surface area contributed by atoms with Gasteiger partial charge in [0.05, 0.1) is 5.56 Å². The average Bonchev–Trinajstić information content (AvgIpc) is 3.07. The monoisotopic (exact) mass is 329 g/mol. The number of esters is 1. The zero-order chi connectivity index (χ0) is 17.5. The van der Waals surface area contributed by atoms with Gasteiger partial charge in [-0.3, -0.25) is 10.1 Å². The molecule has 3 amide bonds. The summed E-state index contributed by atoms with van der Waals surface area (Å²) in [5.41, 5.74) is 2.17. The van der Waals surface area contributed by atoms with E-state index < -0.39 is 24.5 Å². The molecule has 2 aromatic rings. The predicted molar refractivity (Wildman–Crippen MR) is 88.0 cm³/mol. The van der Waals surface area contributed by atoms with E-state index in [1.54, 1.807) is 25.1 Å². The van der Waals surface area contributed by atoms with Crippen molar-refractivity contribution in [2.75, 3.05) is 13.2 Å². The van der Waals surface area contributed by atoms with Crippen LogP contribution in [0.25, 0.3) is 5.69 Å². The number of ether oxygens (including phenoxy) is 1. The Bertz CT molecular complexity index is 738. The molecular weight excluding hydrogens is 310 g/mol. The molecule has 0 spiro atoms. The van der Waals surface area contributed by atoms with Gasteiger partial charge in [0.25, 0.3) is 5.91 Å². The van der Waals surface area contributed by atoms with Crippen LogP contribution in [0.2, 0.25) is 0 Å². The lowest BCUT2D eigenvalue weighted by atomic mass is 10.1. The third-order valence-corrected chi connectivity index (χ3v) is 3.25. The predicted octanol–water partition coefficient (Wildman–Crippen LogP) is 1.79. The molecule has 1 aromatic heterocycles. The van der Waals surface area contributed by atoms with Crippen molar-refractivity contribution in [1.82, 2.24) is 15.2 Å². The second kappa shape index (κ2) is 7.96. The SMILES string of the molecule is CCNC(=O)NC(=O)COC(=O)c1ccc(C)c(-n2cccc2)c1. The van der Waals surface area contributed by atoms with Crippen LogP contribution in [0.3, 0.4) is 0 Å². The molecule has 0 saturated carbocycles. The highest BCUT2D eigenvalue weighted by Gasteiger charge is 2.13. The second-order valence-electron chi connectivity index (χ2n) is 5.08. The Morgan fingerprint density at radius 1 is 1.17 bits per heavy atom. The van der Waals surface area contributed by atoms with Crippen molar-refractivity contribution in [1.29, 1.82) is 0 Å². The maximum absolute atomic E-state index is 12.1. The molecule has 1 aromatic carbocycles. The molecule has 126 valence electrons. The number of amides is 3. The van der Waals surface area contributed by atoms with Crippen LogP contribution in [0, 0.1) is 6.92 Å². The Kier molecular flexibility index (Phi) is 5.73. The van der Waals surface area contributed by atoms with Crippen LogP contribution < -0.4 is 10.6 Å². The normalized spacial score (nSPS) is 10.1. The summed E-state index contributed by atoms with van der Waals surface area (Å²) in [7, 11) is 0. The first-order valence-electron chi connectivity index (χ1n) is 7.50. The number of aromatic nitrogens is 1. The van der Waals surface area contributed by atoms with Crippen LogP contribution in [-0.4, -0.2) is 35.6 Å². The van der Waals surface area contributed by atoms with E-state index in [4.69, 9.17) is 4.74 Å². The van der Waals surface area contributed by atoms with Gasteiger partial charge in [-0.05, 0) is 43.7 Å². The average molecular weight is 329 g/mol. The lowest BCUT2D eigenvalue weighted by molar-refractivity contribution is -0.123. The number of nitrogens with one attached hydrogen (secondary N) is 2. The Morgan fingerprint density at radius 2 is 1.88 bits per heavy atom. The quantitative estimate of drug-likeness (QED) is 0.819. The molecule has 0 radical (unpaired) electrons. The number of carbonyl (C=O) groups excluding carboxylic acids is 3. The Balaban J connectivity index is 1.99. The molecule has 1 heterocycles. The third kappa shape index (κ3) is 4.45. The summed E-state index contributed by atoms with van der Waals surface area (Å²) in [6.07, 6.45) is 3.74. The summed E-state index contributed by atoms with van der Waals surface area (Å²) in [6.45, 7) is 3.53.